The molecule has 2 N–H and O–H groups in total. The Morgan fingerprint density at radius 2 is 2.00 bits per heavy atom. The maximum Gasteiger partial charge on any atom is 0.257 e. The molecule has 4 nitrogen and oxygen atoms in total. The SMILES string of the molecule is O=C(NCc1ccc(Br)cc1Cl)c1c[nH]c2ccccc2c1=O. The third kappa shape index (κ3) is 3.30. The van der Waals surface area contributed by atoms with Gasteiger partial charge in [-0.1, -0.05) is 45.7 Å². The number of hydrogen-bond donors (Lipinski definition) is 2. The Labute approximate surface area is 145 Å². The fraction of sp³-hybridized carbons (Fsp3) is 0.0588. The zero-order valence-electron chi connectivity index (χ0n) is 11.9. The molecule has 0 aliphatic heterocycles. The number of fused-ring (bicyclic) bond motifs is 1. The van der Waals surface area contributed by atoms with Crippen LogP contribution in [0.4, 0.5) is 0 Å². The van der Waals surface area contributed by atoms with Crippen molar-refractivity contribution in [2.24, 2.45) is 0 Å². The van der Waals surface area contributed by atoms with Crippen molar-refractivity contribution in [2.45, 2.75) is 6.54 Å². The molecule has 0 aliphatic carbocycles. The van der Waals surface area contributed by atoms with E-state index in [9.17, 15) is 9.59 Å². The second-order valence-corrected chi connectivity index (χ2v) is 6.32. The first-order chi connectivity index (χ1) is 11.1. The predicted molar refractivity (Wildman–Crippen MR) is 94.9 cm³/mol. The van der Waals surface area contributed by atoms with Crippen LogP contribution in [0.25, 0.3) is 10.9 Å². The molecule has 0 fully saturated rings. The summed E-state index contributed by atoms with van der Waals surface area (Å²) in [6.45, 7) is 0.247. The number of pyridine rings is 1. The molecular formula is C17H12BrClN2O2. The molecule has 0 spiro atoms. The number of carbonyl (C=O) groups excluding carboxylic acids is 1. The number of benzene rings is 2. The van der Waals surface area contributed by atoms with Gasteiger partial charge in [0.25, 0.3) is 5.91 Å². The van der Waals surface area contributed by atoms with Gasteiger partial charge in [-0.15, -0.1) is 0 Å². The minimum absolute atomic E-state index is 0.0805. The van der Waals surface area contributed by atoms with Gasteiger partial charge in [-0.2, -0.15) is 0 Å². The van der Waals surface area contributed by atoms with Crippen molar-refractivity contribution in [3.05, 3.63) is 79.5 Å². The molecule has 3 rings (SSSR count). The van der Waals surface area contributed by atoms with Crippen LogP contribution in [0.2, 0.25) is 5.02 Å². The van der Waals surface area contributed by atoms with Gasteiger partial charge in [0.2, 0.25) is 5.43 Å². The average Bonchev–Trinajstić information content (AvgIpc) is 2.54. The van der Waals surface area contributed by atoms with Crippen LogP contribution in [0.1, 0.15) is 15.9 Å². The minimum Gasteiger partial charge on any atom is -0.360 e. The van der Waals surface area contributed by atoms with Gasteiger partial charge in [-0.05, 0) is 29.8 Å². The van der Waals surface area contributed by atoms with E-state index in [-0.39, 0.29) is 17.5 Å². The van der Waals surface area contributed by atoms with Crippen LogP contribution >= 0.6 is 27.5 Å². The molecule has 0 bridgehead atoms. The first-order valence-corrected chi connectivity index (χ1v) is 8.06. The van der Waals surface area contributed by atoms with Crippen LogP contribution < -0.4 is 10.7 Å². The molecule has 0 radical (unpaired) electrons. The van der Waals surface area contributed by atoms with Crippen molar-refractivity contribution >= 4 is 44.3 Å². The lowest BCUT2D eigenvalue weighted by molar-refractivity contribution is 0.0949. The Morgan fingerprint density at radius 3 is 2.78 bits per heavy atom. The molecule has 6 heteroatoms. The quantitative estimate of drug-likeness (QED) is 0.712. The van der Waals surface area contributed by atoms with Crippen molar-refractivity contribution < 1.29 is 4.79 Å². The van der Waals surface area contributed by atoms with Gasteiger partial charge < -0.3 is 10.3 Å². The fourth-order valence-corrected chi connectivity index (χ4v) is 3.01. The number of nitrogens with one attached hydrogen (secondary N) is 2. The lowest BCUT2D eigenvalue weighted by atomic mass is 10.1. The zero-order chi connectivity index (χ0) is 16.4. The summed E-state index contributed by atoms with van der Waals surface area (Å²) >= 11 is 9.45. The number of hydrogen-bond acceptors (Lipinski definition) is 2. The third-order valence-corrected chi connectivity index (χ3v) is 4.33. The summed E-state index contributed by atoms with van der Waals surface area (Å²) in [4.78, 5) is 27.6. The zero-order valence-corrected chi connectivity index (χ0v) is 14.2. The van der Waals surface area contributed by atoms with Gasteiger partial charge in [-0.25, -0.2) is 0 Å². The summed E-state index contributed by atoms with van der Waals surface area (Å²) in [6.07, 6.45) is 1.43. The number of rotatable bonds is 3. The summed E-state index contributed by atoms with van der Waals surface area (Å²) in [6, 6.07) is 12.5. The topological polar surface area (TPSA) is 62.0 Å². The maximum atomic E-state index is 12.4. The molecule has 116 valence electrons. The number of aromatic nitrogens is 1. The van der Waals surface area contributed by atoms with Crippen molar-refractivity contribution in [1.82, 2.24) is 10.3 Å². The second kappa shape index (κ2) is 6.56. The highest BCUT2D eigenvalue weighted by molar-refractivity contribution is 9.10. The van der Waals surface area contributed by atoms with Gasteiger partial charge in [0.05, 0.1) is 0 Å². The monoisotopic (exact) mass is 390 g/mol. The smallest absolute Gasteiger partial charge is 0.257 e. The van der Waals surface area contributed by atoms with Crippen LogP contribution in [0, 0.1) is 0 Å². The summed E-state index contributed by atoms with van der Waals surface area (Å²) in [5.74, 6) is -0.434. The van der Waals surface area contributed by atoms with Crippen molar-refractivity contribution in [2.75, 3.05) is 0 Å². The molecule has 0 aliphatic rings. The van der Waals surface area contributed by atoms with E-state index in [1.165, 1.54) is 6.20 Å². The third-order valence-electron chi connectivity index (χ3n) is 3.49. The molecular weight excluding hydrogens is 380 g/mol. The van der Waals surface area contributed by atoms with Crippen molar-refractivity contribution in [3.8, 4) is 0 Å². The number of para-hydroxylation sites is 1. The Kier molecular flexibility index (Phi) is 4.50. The van der Waals surface area contributed by atoms with Crippen LogP contribution in [-0.2, 0) is 6.54 Å². The summed E-state index contributed by atoms with van der Waals surface area (Å²) < 4.78 is 0.864. The van der Waals surface area contributed by atoms with Crippen molar-refractivity contribution in [3.63, 3.8) is 0 Å². The normalized spacial score (nSPS) is 10.7. The number of halogens is 2. The van der Waals surface area contributed by atoms with Crippen LogP contribution in [-0.4, -0.2) is 10.9 Å². The molecule has 3 aromatic rings. The van der Waals surface area contributed by atoms with Gasteiger partial charge in [0, 0.05) is 33.1 Å². The Hall–Kier alpha value is -2.11. The second-order valence-electron chi connectivity index (χ2n) is 5.00. The minimum atomic E-state index is -0.434. The van der Waals surface area contributed by atoms with Crippen LogP contribution in [0.15, 0.2) is 57.9 Å². The molecule has 0 saturated heterocycles. The van der Waals surface area contributed by atoms with E-state index in [1.54, 1.807) is 24.3 Å². The summed E-state index contributed by atoms with van der Waals surface area (Å²) in [5, 5.41) is 3.76. The first kappa shape index (κ1) is 15.8. The molecule has 1 amide bonds. The molecule has 1 heterocycles. The molecule has 0 saturated carbocycles. The number of H-pyrrole nitrogens is 1. The number of carbonyl (C=O) groups is 1. The van der Waals surface area contributed by atoms with Gasteiger partial charge in [0.15, 0.2) is 0 Å². The standard InChI is InChI=1S/C17H12BrClN2O2/c18-11-6-5-10(14(19)7-11)8-21-17(23)13-9-20-15-4-2-1-3-12(15)16(13)22/h1-7,9H,8H2,(H,20,22)(H,21,23). The Balaban J connectivity index is 1.84. The van der Waals surface area contributed by atoms with E-state index < -0.39 is 5.91 Å². The van der Waals surface area contributed by atoms with E-state index in [2.05, 4.69) is 26.2 Å². The summed E-state index contributed by atoms with van der Waals surface area (Å²) in [5.41, 5.74) is 1.26. The van der Waals surface area contributed by atoms with Gasteiger partial charge in [-0.3, -0.25) is 9.59 Å². The molecule has 0 unspecified atom stereocenters. The van der Waals surface area contributed by atoms with Gasteiger partial charge in [0.1, 0.15) is 5.56 Å². The van der Waals surface area contributed by atoms with Gasteiger partial charge >= 0.3 is 0 Å². The molecule has 1 aromatic heterocycles. The van der Waals surface area contributed by atoms with E-state index in [4.69, 9.17) is 11.6 Å². The fourth-order valence-electron chi connectivity index (χ4n) is 2.27. The largest absolute Gasteiger partial charge is 0.360 e. The van der Waals surface area contributed by atoms with E-state index in [0.717, 1.165) is 10.0 Å². The van der Waals surface area contributed by atoms with E-state index in [1.807, 2.05) is 18.2 Å². The first-order valence-electron chi connectivity index (χ1n) is 6.89. The highest BCUT2D eigenvalue weighted by Gasteiger charge is 2.13. The van der Waals surface area contributed by atoms with Crippen molar-refractivity contribution in [1.29, 1.82) is 0 Å². The lowest BCUT2D eigenvalue weighted by Crippen LogP contribution is -2.28. The lowest BCUT2D eigenvalue weighted by Gasteiger charge is -2.08. The Morgan fingerprint density at radius 1 is 1.22 bits per heavy atom. The molecule has 2 aromatic carbocycles. The molecule has 23 heavy (non-hydrogen) atoms. The van der Waals surface area contributed by atoms with Crippen LogP contribution in [0.5, 0.6) is 0 Å². The Bertz CT molecular complexity index is 953. The average molecular weight is 392 g/mol. The highest BCUT2D eigenvalue weighted by atomic mass is 79.9. The van der Waals surface area contributed by atoms with Crippen LogP contribution in [0.3, 0.4) is 0 Å². The van der Waals surface area contributed by atoms with E-state index >= 15 is 0 Å². The maximum absolute atomic E-state index is 12.4. The van der Waals surface area contributed by atoms with E-state index in [0.29, 0.717) is 15.9 Å². The number of aromatic amines is 1. The highest BCUT2D eigenvalue weighted by Crippen LogP contribution is 2.21. The molecule has 0 atom stereocenters. The number of amides is 1. The summed E-state index contributed by atoms with van der Waals surface area (Å²) in [7, 11) is 0. The predicted octanol–water partition coefficient (Wildman–Crippen LogP) is 3.87.